The highest BCUT2D eigenvalue weighted by Gasteiger charge is 2.66. The molecule has 52 heavy (non-hydrogen) atoms. The molecule has 1 N–H and O–H groups in total. The largest absolute Gasteiger partial charge is 0.497 e. The molecule has 5 atom stereocenters. The van der Waals surface area contributed by atoms with Crippen molar-refractivity contribution in [1.82, 2.24) is 4.90 Å². The standard InChI is InChI=1S/C40H47N3O8Si/c1-7-19-42-33-18-13-29(43-36(47)24-37(43)50-27(3)45)22-32(33)40(39(42)48)26(2)38(52(5,6)31-16-14-30(49-4)15-17-31)34(51-40)23-35(46)41(20-21-44)25-28-11-9-8-10-12-28/h7-18,22,26,34,37-38,44H,1,19-21,23-25H2,2-6H3/t26-,34+,37?,38-,40+/m1/s1. The van der Waals surface area contributed by atoms with Crippen LogP contribution in [0.1, 0.15) is 37.8 Å². The molecule has 0 aliphatic carbocycles. The van der Waals surface area contributed by atoms with Crippen LogP contribution in [0.5, 0.6) is 5.75 Å². The molecule has 0 bridgehead atoms. The highest BCUT2D eigenvalue weighted by atomic mass is 28.3. The SMILES string of the molecule is C=CCN1C(=O)[C@@]2(O[C@@H](CC(=O)N(CCO)Cc3ccccc3)[C@H]([Si](C)(C)c3ccc(OC)cc3)[C@H]2C)c2cc(N3C(=O)CC3OC(C)=O)ccc21. The van der Waals surface area contributed by atoms with E-state index in [4.69, 9.17) is 14.2 Å². The molecule has 3 aliphatic heterocycles. The number of carbonyl (C=O) groups excluding carboxylic acids is 4. The monoisotopic (exact) mass is 725 g/mol. The van der Waals surface area contributed by atoms with Gasteiger partial charge in [-0.2, -0.15) is 0 Å². The Morgan fingerprint density at radius 1 is 1.10 bits per heavy atom. The summed E-state index contributed by atoms with van der Waals surface area (Å²) in [6, 6.07) is 23.0. The van der Waals surface area contributed by atoms with E-state index < -0.39 is 37.9 Å². The van der Waals surface area contributed by atoms with Gasteiger partial charge in [-0.3, -0.25) is 24.1 Å². The van der Waals surface area contributed by atoms with Gasteiger partial charge in [0.2, 0.25) is 11.8 Å². The number of anilines is 2. The van der Waals surface area contributed by atoms with E-state index in [9.17, 15) is 24.3 Å². The van der Waals surface area contributed by atoms with Crippen LogP contribution < -0.4 is 19.7 Å². The van der Waals surface area contributed by atoms with Crippen molar-refractivity contribution < 1.29 is 38.5 Å². The fourth-order valence-corrected chi connectivity index (χ4v) is 12.5. The van der Waals surface area contributed by atoms with Crippen molar-refractivity contribution >= 4 is 48.3 Å². The Morgan fingerprint density at radius 2 is 1.81 bits per heavy atom. The van der Waals surface area contributed by atoms with Gasteiger partial charge in [-0.05, 0) is 41.4 Å². The Morgan fingerprint density at radius 3 is 2.42 bits per heavy atom. The van der Waals surface area contributed by atoms with Crippen LogP contribution in [-0.2, 0) is 40.8 Å². The van der Waals surface area contributed by atoms with Gasteiger partial charge in [0.25, 0.3) is 5.91 Å². The summed E-state index contributed by atoms with van der Waals surface area (Å²) in [6.45, 7) is 12.2. The number of aliphatic hydroxyl groups excluding tert-OH is 1. The predicted molar refractivity (Wildman–Crippen MR) is 200 cm³/mol. The van der Waals surface area contributed by atoms with Crippen molar-refractivity contribution in [3.8, 4) is 5.75 Å². The molecule has 274 valence electrons. The Labute approximate surface area is 305 Å². The van der Waals surface area contributed by atoms with E-state index in [0.29, 0.717) is 23.5 Å². The molecule has 6 rings (SSSR count). The Bertz CT molecular complexity index is 1850. The van der Waals surface area contributed by atoms with E-state index in [0.717, 1.165) is 16.5 Å². The maximum absolute atomic E-state index is 14.9. The summed E-state index contributed by atoms with van der Waals surface area (Å²) >= 11 is 0. The molecule has 2 saturated heterocycles. The van der Waals surface area contributed by atoms with Crippen LogP contribution in [0.4, 0.5) is 11.4 Å². The van der Waals surface area contributed by atoms with Gasteiger partial charge in [0.1, 0.15) is 5.75 Å². The van der Waals surface area contributed by atoms with Gasteiger partial charge in [0, 0.05) is 43.7 Å². The van der Waals surface area contributed by atoms with E-state index in [2.05, 4.69) is 31.8 Å². The number of aliphatic hydroxyl groups is 1. The molecule has 2 fully saturated rings. The van der Waals surface area contributed by atoms with Crippen molar-refractivity contribution in [3.63, 3.8) is 0 Å². The molecule has 3 aromatic rings. The molecule has 0 radical (unpaired) electrons. The molecule has 0 saturated carbocycles. The summed E-state index contributed by atoms with van der Waals surface area (Å²) in [5.74, 6) is -0.812. The number of carbonyl (C=O) groups is 4. The zero-order chi connectivity index (χ0) is 37.4. The van der Waals surface area contributed by atoms with E-state index in [1.807, 2.05) is 49.4 Å². The molecule has 3 aromatic carbocycles. The lowest BCUT2D eigenvalue weighted by Crippen LogP contribution is -2.55. The first-order chi connectivity index (χ1) is 24.9. The third-order valence-corrected chi connectivity index (χ3v) is 15.3. The second-order valence-electron chi connectivity index (χ2n) is 14.3. The predicted octanol–water partition coefficient (Wildman–Crippen LogP) is 4.48. The molecule has 1 spiro atoms. The average molecular weight is 726 g/mol. The van der Waals surface area contributed by atoms with Gasteiger partial charge >= 0.3 is 5.97 Å². The number of benzene rings is 3. The third kappa shape index (κ3) is 6.43. The number of amides is 3. The van der Waals surface area contributed by atoms with Crippen molar-refractivity contribution in [2.24, 2.45) is 5.92 Å². The normalized spacial score (nSPS) is 23.7. The first kappa shape index (κ1) is 37.0. The molecule has 1 unspecified atom stereocenters. The smallest absolute Gasteiger partial charge is 0.304 e. The van der Waals surface area contributed by atoms with Gasteiger partial charge in [-0.15, -0.1) is 6.58 Å². The maximum Gasteiger partial charge on any atom is 0.304 e. The zero-order valence-electron chi connectivity index (χ0n) is 30.4. The maximum atomic E-state index is 14.9. The van der Waals surface area contributed by atoms with Gasteiger partial charge < -0.3 is 29.1 Å². The van der Waals surface area contributed by atoms with Gasteiger partial charge in [-0.25, -0.2) is 0 Å². The molecular formula is C40H47N3O8Si. The van der Waals surface area contributed by atoms with Gasteiger partial charge in [-0.1, -0.05) is 73.7 Å². The van der Waals surface area contributed by atoms with Crippen LogP contribution in [0.2, 0.25) is 18.6 Å². The Balaban J connectivity index is 1.45. The fraction of sp³-hybridized carbons (Fsp3) is 0.400. The van der Waals surface area contributed by atoms with Crippen LogP contribution in [0.25, 0.3) is 0 Å². The molecule has 3 heterocycles. The van der Waals surface area contributed by atoms with E-state index in [1.54, 1.807) is 41.2 Å². The highest BCUT2D eigenvalue weighted by molar-refractivity contribution is 6.91. The Hall–Kier alpha value is -4.78. The summed E-state index contributed by atoms with van der Waals surface area (Å²) in [4.78, 5) is 58.6. The number of fused-ring (bicyclic) bond motifs is 2. The number of hydrogen-bond acceptors (Lipinski definition) is 8. The molecule has 12 heteroatoms. The van der Waals surface area contributed by atoms with Crippen molar-refractivity contribution in [2.75, 3.05) is 36.6 Å². The number of β-lactam (4-membered cyclic amide) rings is 1. The topological polar surface area (TPSA) is 126 Å². The van der Waals surface area contributed by atoms with Crippen LogP contribution in [0, 0.1) is 5.92 Å². The lowest BCUT2D eigenvalue weighted by molar-refractivity contribution is -0.154. The highest BCUT2D eigenvalue weighted by Crippen LogP contribution is 2.60. The number of rotatable bonds is 13. The number of methoxy groups -OCH3 is 1. The second-order valence-corrected chi connectivity index (χ2v) is 19.0. The van der Waals surface area contributed by atoms with E-state index in [-0.39, 0.29) is 55.8 Å². The number of hydrogen-bond donors (Lipinski definition) is 1. The minimum Gasteiger partial charge on any atom is -0.497 e. The summed E-state index contributed by atoms with van der Waals surface area (Å²) in [7, 11) is -0.949. The van der Waals surface area contributed by atoms with Crippen LogP contribution in [0.15, 0.2) is 85.5 Å². The first-order valence-electron chi connectivity index (χ1n) is 17.7. The van der Waals surface area contributed by atoms with Gasteiger partial charge in [0.05, 0.1) is 46.4 Å². The summed E-state index contributed by atoms with van der Waals surface area (Å²) in [5.41, 5.74) is 0.962. The summed E-state index contributed by atoms with van der Waals surface area (Å²) in [5, 5.41) is 11.1. The minimum atomic E-state index is -2.57. The fourth-order valence-electron chi connectivity index (χ4n) is 8.46. The summed E-state index contributed by atoms with van der Waals surface area (Å²) < 4.78 is 18.0. The molecule has 3 aliphatic rings. The van der Waals surface area contributed by atoms with Gasteiger partial charge in [0.15, 0.2) is 11.8 Å². The zero-order valence-corrected chi connectivity index (χ0v) is 31.4. The third-order valence-electron chi connectivity index (χ3n) is 10.9. The number of ether oxygens (including phenoxy) is 3. The van der Waals surface area contributed by atoms with E-state index >= 15 is 0 Å². The molecule has 3 amide bonds. The van der Waals surface area contributed by atoms with Crippen molar-refractivity contribution in [3.05, 3.63) is 96.6 Å². The second kappa shape index (κ2) is 14.7. The molecule has 11 nitrogen and oxygen atoms in total. The number of nitrogens with zero attached hydrogens (tertiary/aromatic N) is 3. The lowest BCUT2D eigenvalue weighted by atomic mass is 9.82. The van der Waals surface area contributed by atoms with Crippen LogP contribution >= 0.6 is 0 Å². The lowest BCUT2D eigenvalue weighted by Gasteiger charge is -2.39. The molecular weight excluding hydrogens is 679 g/mol. The Kier molecular flexibility index (Phi) is 10.4. The summed E-state index contributed by atoms with van der Waals surface area (Å²) in [6.07, 6.45) is 0.321. The first-order valence-corrected chi connectivity index (χ1v) is 20.8. The van der Waals surface area contributed by atoms with Crippen LogP contribution in [-0.4, -0.2) is 80.9 Å². The van der Waals surface area contributed by atoms with E-state index in [1.165, 1.54) is 11.8 Å². The van der Waals surface area contributed by atoms with Crippen LogP contribution in [0.3, 0.4) is 0 Å². The minimum absolute atomic E-state index is 0.000919. The molecule has 0 aromatic heterocycles. The average Bonchev–Trinajstić information content (AvgIpc) is 3.54. The van der Waals surface area contributed by atoms with Crippen molar-refractivity contribution in [2.45, 2.75) is 69.8 Å². The quantitative estimate of drug-likeness (QED) is 0.118. The van der Waals surface area contributed by atoms with Crippen molar-refractivity contribution in [1.29, 1.82) is 0 Å². The number of esters is 1.